The van der Waals surface area contributed by atoms with E-state index in [2.05, 4.69) is 9.71 Å². The van der Waals surface area contributed by atoms with Crippen LogP contribution in [0.4, 0.5) is 5.69 Å². The lowest BCUT2D eigenvalue weighted by Crippen LogP contribution is -2.13. The quantitative estimate of drug-likeness (QED) is 0.503. The van der Waals surface area contributed by atoms with Crippen molar-refractivity contribution in [3.63, 3.8) is 0 Å². The maximum atomic E-state index is 12.7. The molecule has 9 heteroatoms. The Kier molecular flexibility index (Phi) is 4.58. The van der Waals surface area contributed by atoms with E-state index in [4.69, 9.17) is 20.8 Å². The minimum Gasteiger partial charge on any atom is -0.457 e. The van der Waals surface area contributed by atoms with Gasteiger partial charge in [0.1, 0.15) is 16.4 Å². The van der Waals surface area contributed by atoms with Gasteiger partial charge in [-0.15, -0.1) is 0 Å². The van der Waals surface area contributed by atoms with E-state index in [0.717, 1.165) is 0 Å². The fraction of sp³-hybridized carbons (Fsp3) is 0. The van der Waals surface area contributed by atoms with Crippen molar-refractivity contribution in [3.05, 3.63) is 82.3 Å². The largest absolute Gasteiger partial charge is 0.457 e. The third kappa shape index (κ3) is 3.73. The van der Waals surface area contributed by atoms with Gasteiger partial charge in [0.25, 0.3) is 10.0 Å². The predicted octanol–water partition coefficient (Wildman–Crippen LogP) is 4.37. The zero-order chi connectivity index (χ0) is 19.7. The topological polar surface area (TPSA) is 101 Å². The van der Waals surface area contributed by atoms with Crippen molar-refractivity contribution < 1.29 is 17.6 Å². The maximum absolute atomic E-state index is 12.7. The summed E-state index contributed by atoms with van der Waals surface area (Å²) in [7, 11) is -4.00. The number of rotatable bonds is 5. The Balaban J connectivity index is 1.58. The Hall–Kier alpha value is -3.23. The number of anilines is 1. The van der Waals surface area contributed by atoms with E-state index in [1.165, 1.54) is 12.1 Å². The Morgan fingerprint density at radius 3 is 2.36 bits per heavy atom. The number of benzene rings is 3. The first kappa shape index (κ1) is 18.1. The average Bonchev–Trinajstić information content (AvgIpc) is 3.02. The second kappa shape index (κ2) is 7.06. The van der Waals surface area contributed by atoms with Crippen LogP contribution in [0, 0.1) is 0 Å². The number of aromatic nitrogens is 1. The number of H-pyrrole nitrogens is 1. The maximum Gasteiger partial charge on any atom is 0.417 e. The van der Waals surface area contributed by atoms with Gasteiger partial charge in [-0.05, 0) is 42.5 Å². The molecule has 1 heterocycles. The summed E-state index contributed by atoms with van der Waals surface area (Å²) >= 11 is 6.08. The molecule has 0 fully saturated rings. The van der Waals surface area contributed by atoms with Crippen LogP contribution < -0.4 is 15.2 Å². The standard InChI is InChI=1S/C19H13ClN2O5S/c20-15-10-16-17(27-19(23)21-16)11-18(15)28(24,25)22-12-6-8-14(9-7-12)26-13-4-2-1-3-5-13/h1-11,22H,(H,21,23). The van der Waals surface area contributed by atoms with Gasteiger partial charge in [0.2, 0.25) is 0 Å². The van der Waals surface area contributed by atoms with E-state index >= 15 is 0 Å². The van der Waals surface area contributed by atoms with E-state index in [9.17, 15) is 13.2 Å². The molecule has 0 saturated heterocycles. The van der Waals surface area contributed by atoms with E-state index in [0.29, 0.717) is 22.7 Å². The number of fused-ring (bicyclic) bond motifs is 1. The Bertz CT molecular complexity index is 1300. The number of aromatic amines is 1. The van der Waals surface area contributed by atoms with Crippen LogP contribution in [0.2, 0.25) is 5.02 Å². The number of ether oxygens (including phenoxy) is 1. The summed E-state index contributed by atoms with van der Waals surface area (Å²) in [6, 6.07) is 18.2. The van der Waals surface area contributed by atoms with E-state index in [1.54, 1.807) is 24.3 Å². The number of hydrogen-bond donors (Lipinski definition) is 2. The van der Waals surface area contributed by atoms with Crippen LogP contribution >= 0.6 is 11.6 Å². The molecule has 1 aromatic heterocycles. The molecule has 142 valence electrons. The monoisotopic (exact) mass is 416 g/mol. The molecule has 0 spiro atoms. The molecular weight excluding hydrogens is 404 g/mol. The molecule has 0 bridgehead atoms. The SMILES string of the molecule is O=c1[nH]c2cc(Cl)c(S(=O)(=O)Nc3ccc(Oc4ccccc4)cc3)cc2o1. The van der Waals surface area contributed by atoms with Gasteiger partial charge in [-0.1, -0.05) is 29.8 Å². The number of halogens is 1. The van der Waals surface area contributed by atoms with Crippen molar-refractivity contribution in [1.29, 1.82) is 0 Å². The van der Waals surface area contributed by atoms with Crippen molar-refractivity contribution in [3.8, 4) is 11.5 Å². The molecule has 0 amide bonds. The molecule has 0 aliphatic rings. The van der Waals surface area contributed by atoms with Gasteiger partial charge >= 0.3 is 5.76 Å². The molecule has 2 N–H and O–H groups in total. The third-order valence-corrected chi connectivity index (χ3v) is 5.69. The molecule has 0 aliphatic carbocycles. The second-order valence-electron chi connectivity index (χ2n) is 5.84. The zero-order valence-electron chi connectivity index (χ0n) is 14.2. The zero-order valence-corrected chi connectivity index (χ0v) is 15.8. The minimum atomic E-state index is -4.00. The summed E-state index contributed by atoms with van der Waals surface area (Å²) in [6.45, 7) is 0. The smallest absolute Gasteiger partial charge is 0.417 e. The van der Waals surface area contributed by atoms with Crippen LogP contribution in [0.5, 0.6) is 11.5 Å². The van der Waals surface area contributed by atoms with Gasteiger partial charge in [-0.3, -0.25) is 9.71 Å². The Morgan fingerprint density at radius 2 is 1.64 bits per heavy atom. The van der Waals surface area contributed by atoms with Crippen molar-refractivity contribution in [2.75, 3.05) is 4.72 Å². The number of hydrogen-bond acceptors (Lipinski definition) is 5. The molecule has 0 saturated carbocycles. The highest BCUT2D eigenvalue weighted by Crippen LogP contribution is 2.29. The van der Waals surface area contributed by atoms with Crippen LogP contribution in [0.3, 0.4) is 0 Å². The normalized spacial score (nSPS) is 11.5. The lowest BCUT2D eigenvalue weighted by atomic mass is 10.3. The fourth-order valence-electron chi connectivity index (χ4n) is 2.58. The van der Waals surface area contributed by atoms with Gasteiger partial charge in [0, 0.05) is 11.8 Å². The van der Waals surface area contributed by atoms with Gasteiger partial charge in [-0.25, -0.2) is 13.2 Å². The Morgan fingerprint density at radius 1 is 0.964 bits per heavy atom. The van der Waals surface area contributed by atoms with E-state index in [-0.39, 0.29) is 15.5 Å². The Labute approximate surface area is 164 Å². The van der Waals surface area contributed by atoms with Gasteiger partial charge in [0.15, 0.2) is 5.58 Å². The minimum absolute atomic E-state index is 0.0407. The highest BCUT2D eigenvalue weighted by molar-refractivity contribution is 7.92. The summed E-state index contributed by atoms with van der Waals surface area (Å²) in [6.07, 6.45) is 0. The van der Waals surface area contributed by atoms with E-state index in [1.807, 2.05) is 30.3 Å². The number of para-hydroxylation sites is 1. The molecule has 3 aromatic carbocycles. The van der Waals surface area contributed by atoms with Crippen molar-refractivity contribution in [1.82, 2.24) is 4.98 Å². The van der Waals surface area contributed by atoms with Gasteiger partial charge < -0.3 is 9.15 Å². The lowest BCUT2D eigenvalue weighted by Gasteiger charge is -2.10. The summed E-state index contributed by atoms with van der Waals surface area (Å²) in [5, 5.41) is -0.0407. The summed E-state index contributed by atoms with van der Waals surface area (Å²) < 4.78 is 38.4. The first-order chi connectivity index (χ1) is 13.4. The second-order valence-corrected chi connectivity index (χ2v) is 7.90. The van der Waals surface area contributed by atoms with Gasteiger partial charge in [0.05, 0.1) is 10.5 Å². The van der Waals surface area contributed by atoms with Crippen molar-refractivity contribution in [2.24, 2.45) is 0 Å². The molecule has 7 nitrogen and oxygen atoms in total. The van der Waals surface area contributed by atoms with Crippen molar-refractivity contribution >= 4 is 38.4 Å². The molecule has 0 radical (unpaired) electrons. The first-order valence-electron chi connectivity index (χ1n) is 8.09. The average molecular weight is 417 g/mol. The van der Waals surface area contributed by atoms with Crippen LogP contribution in [-0.2, 0) is 10.0 Å². The first-order valence-corrected chi connectivity index (χ1v) is 9.95. The highest BCUT2D eigenvalue weighted by Gasteiger charge is 2.20. The van der Waals surface area contributed by atoms with Gasteiger partial charge in [-0.2, -0.15) is 0 Å². The molecule has 4 aromatic rings. The number of sulfonamides is 1. The number of nitrogens with one attached hydrogen (secondary N) is 2. The lowest BCUT2D eigenvalue weighted by molar-refractivity contribution is 0.483. The molecule has 0 aliphatic heterocycles. The fourth-order valence-corrected chi connectivity index (χ4v) is 4.19. The van der Waals surface area contributed by atoms with Crippen molar-refractivity contribution in [2.45, 2.75) is 4.90 Å². The number of oxazole rings is 1. The summed E-state index contributed by atoms with van der Waals surface area (Å²) in [5.41, 5.74) is 0.741. The van der Waals surface area contributed by atoms with Crippen LogP contribution in [0.1, 0.15) is 0 Å². The molecule has 28 heavy (non-hydrogen) atoms. The van der Waals surface area contributed by atoms with Crippen LogP contribution in [0.25, 0.3) is 11.1 Å². The molecule has 0 atom stereocenters. The molecule has 0 unspecified atom stereocenters. The molecular formula is C19H13ClN2O5S. The third-order valence-electron chi connectivity index (χ3n) is 3.85. The summed E-state index contributed by atoms with van der Waals surface area (Å²) in [4.78, 5) is 13.5. The summed E-state index contributed by atoms with van der Waals surface area (Å²) in [5.74, 6) is 0.536. The van der Waals surface area contributed by atoms with E-state index < -0.39 is 15.8 Å². The van der Waals surface area contributed by atoms with Crippen LogP contribution in [-0.4, -0.2) is 13.4 Å². The van der Waals surface area contributed by atoms with Crippen LogP contribution in [0.15, 0.2) is 80.8 Å². The molecule has 4 rings (SSSR count). The highest BCUT2D eigenvalue weighted by atomic mass is 35.5. The predicted molar refractivity (Wildman–Crippen MR) is 106 cm³/mol.